The molecule has 82 valence electrons. The Hall–Kier alpha value is -0.500. The van der Waals surface area contributed by atoms with Crippen LogP contribution >= 0.6 is 39.1 Å². The maximum atomic E-state index is 6.10. The molecule has 0 radical (unpaired) electrons. The Morgan fingerprint density at radius 3 is 2.00 bits per heavy atom. The number of hydrogen-bond acceptors (Lipinski definition) is 0. The molecule has 0 saturated heterocycles. The molecule has 0 amide bonds. The first kappa shape index (κ1) is 12.0. The highest BCUT2D eigenvalue weighted by Gasteiger charge is 2.25. The fourth-order valence-corrected chi connectivity index (χ4v) is 2.28. The maximum Gasteiger partial charge on any atom is 0.197 e. The summed E-state index contributed by atoms with van der Waals surface area (Å²) in [6, 6.07) is 17.8. The molecule has 0 atom stereocenters. The molecule has 3 heteroatoms. The van der Waals surface area contributed by atoms with Gasteiger partial charge in [-0.2, -0.15) is 0 Å². The first-order valence-electron chi connectivity index (χ1n) is 4.80. The molecule has 0 aromatic heterocycles. The number of alkyl halides is 3. The van der Waals surface area contributed by atoms with Gasteiger partial charge in [0, 0.05) is 5.56 Å². The Kier molecular flexibility index (Phi) is 3.58. The average Bonchev–Trinajstić information content (AvgIpc) is 2.29. The van der Waals surface area contributed by atoms with E-state index in [1.165, 1.54) is 0 Å². The first-order chi connectivity index (χ1) is 7.59. The van der Waals surface area contributed by atoms with Gasteiger partial charge in [0.15, 0.2) is 3.24 Å². The summed E-state index contributed by atoms with van der Waals surface area (Å²) in [5.41, 5.74) is 2.98. The lowest BCUT2D eigenvalue weighted by Gasteiger charge is -2.16. The monoisotopic (exact) mass is 314 g/mol. The third-order valence-electron chi connectivity index (χ3n) is 2.32. The zero-order valence-electron chi connectivity index (χ0n) is 8.33. The highest BCUT2D eigenvalue weighted by Crippen LogP contribution is 2.44. The summed E-state index contributed by atoms with van der Waals surface area (Å²) in [6.45, 7) is 0. The van der Waals surface area contributed by atoms with Gasteiger partial charge in [0.2, 0.25) is 0 Å². The van der Waals surface area contributed by atoms with Crippen molar-refractivity contribution in [2.75, 3.05) is 0 Å². The lowest BCUT2D eigenvalue weighted by Crippen LogP contribution is -2.01. The molecule has 2 rings (SSSR count). The van der Waals surface area contributed by atoms with Gasteiger partial charge in [0.1, 0.15) is 0 Å². The normalized spacial score (nSPS) is 11.4. The van der Waals surface area contributed by atoms with Crippen LogP contribution in [0.1, 0.15) is 5.56 Å². The maximum absolute atomic E-state index is 6.10. The van der Waals surface area contributed by atoms with Gasteiger partial charge in [-0.3, -0.25) is 0 Å². The van der Waals surface area contributed by atoms with E-state index in [-0.39, 0.29) is 0 Å². The van der Waals surface area contributed by atoms with Gasteiger partial charge in [0.05, 0.1) is 0 Å². The van der Waals surface area contributed by atoms with Gasteiger partial charge in [-0.15, -0.1) is 0 Å². The van der Waals surface area contributed by atoms with Crippen molar-refractivity contribution < 1.29 is 0 Å². The smallest absolute Gasteiger partial charge is 0.0833 e. The SMILES string of the molecule is ClC(Cl)(Br)c1ccccc1-c1ccccc1. The molecular weight excluding hydrogens is 307 g/mol. The molecule has 0 unspecified atom stereocenters. The van der Waals surface area contributed by atoms with Crippen LogP contribution in [0.5, 0.6) is 0 Å². The topological polar surface area (TPSA) is 0 Å². The second-order valence-corrected chi connectivity index (χ2v) is 6.84. The van der Waals surface area contributed by atoms with Gasteiger partial charge < -0.3 is 0 Å². The minimum Gasteiger partial charge on any atom is -0.0833 e. The van der Waals surface area contributed by atoms with Crippen molar-refractivity contribution in [3.63, 3.8) is 0 Å². The number of rotatable bonds is 2. The molecule has 2 aromatic rings. The molecule has 0 fully saturated rings. The Balaban J connectivity index is 2.58. The lowest BCUT2D eigenvalue weighted by molar-refractivity contribution is 1.29. The Bertz CT molecular complexity index is 475. The van der Waals surface area contributed by atoms with Crippen LogP contribution in [-0.2, 0) is 3.24 Å². The number of hydrogen-bond donors (Lipinski definition) is 0. The van der Waals surface area contributed by atoms with Crippen molar-refractivity contribution in [2.45, 2.75) is 3.24 Å². The minimum atomic E-state index is -1.06. The van der Waals surface area contributed by atoms with Crippen LogP contribution in [0.3, 0.4) is 0 Å². The third kappa shape index (κ3) is 2.60. The molecule has 0 aliphatic heterocycles. The largest absolute Gasteiger partial charge is 0.197 e. The van der Waals surface area contributed by atoms with Crippen LogP contribution in [0.25, 0.3) is 11.1 Å². The van der Waals surface area contributed by atoms with Crippen molar-refractivity contribution in [1.82, 2.24) is 0 Å². The van der Waals surface area contributed by atoms with E-state index < -0.39 is 3.24 Å². The Morgan fingerprint density at radius 1 is 0.812 bits per heavy atom. The number of benzene rings is 2. The van der Waals surface area contributed by atoms with Crippen molar-refractivity contribution in [3.8, 4) is 11.1 Å². The fourth-order valence-electron chi connectivity index (χ4n) is 1.60. The van der Waals surface area contributed by atoms with Gasteiger partial charge in [-0.1, -0.05) is 77.8 Å². The summed E-state index contributed by atoms with van der Waals surface area (Å²) >= 11 is 15.5. The van der Waals surface area contributed by atoms with Gasteiger partial charge in [0.25, 0.3) is 0 Å². The van der Waals surface area contributed by atoms with E-state index >= 15 is 0 Å². The molecule has 0 spiro atoms. The Labute approximate surface area is 113 Å². The summed E-state index contributed by atoms with van der Waals surface area (Å²) < 4.78 is -1.06. The number of halogens is 3. The van der Waals surface area contributed by atoms with E-state index in [1.54, 1.807) is 0 Å². The highest BCUT2D eigenvalue weighted by atomic mass is 79.9. The van der Waals surface area contributed by atoms with Crippen LogP contribution in [0, 0.1) is 0 Å². The summed E-state index contributed by atoms with van der Waals surface area (Å²) in [6.07, 6.45) is 0. The van der Waals surface area contributed by atoms with E-state index in [2.05, 4.69) is 15.9 Å². The second kappa shape index (κ2) is 4.79. The molecule has 0 bridgehead atoms. The van der Waals surface area contributed by atoms with Gasteiger partial charge in [-0.05, 0) is 27.1 Å². The summed E-state index contributed by atoms with van der Waals surface area (Å²) in [5, 5.41) is 0. The van der Waals surface area contributed by atoms with Gasteiger partial charge in [-0.25, -0.2) is 0 Å². The third-order valence-corrected chi connectivity index (χ3v) is 3.15. The molecule has 2 aromatic carbocycles. The van der Waals surface area contributed by atoms with E-state index in [1.807, 2.05) is 54.6 Å². The zero-order valence-corrected chi connectivity index (χ0v) is 11.4. The summed E-state index contributed by atoms with van der Waals surface area (Å²) in [5.74, 6) is 0. The molecular formula is C13H9BrCl2. The van der Waals surface area contributed by atoms with E-state index in [9.17, 15) is 0 Å². The Morgan fingerprint density at radius 2 is 1.38 bits per heavy atom. The van der Waals surface area contributed by atoms with Gasteiger partial charge >= 0.3 is 0 Å². The first-order valence-corrected chi connectivity index (χ1v) is 6.35. The van der Waals surface area contributed by atoms with Crippen molar-refractivity contribution in [3.05, 3.63) is 60.2 Å². The molecule has 0 N–H and O–H groups in total. The van der Waals surface area contributed by atoms with Crippen molar-refractivity contribution in [2.24, 2.45) is 0 Å². The molecule has 16 heavy (non-hydrogen) atoms. The zero-order chi connectivity index (χ0) is 11.6. The molecule has 0 aliphatic rings. The minimum absolute atomic E-state index is 0.851. The van der Waals surface area contributed by atoms with E-state index in [0.29, 0.717) is 0 Å². The van der Waals surface area contributed by atoms with Crippen LogP contribution in [0.2, 0.25) is 0 Å². The van der Waals surface area contributed by atoms with Crippen LogP contribution in [0.15, 0.2) is 54.6 Å². The quantitative estimate of drug-likeness (QED) is 0.656. The van der Waals surface area contributed by atoms with Crippen LogP contribution in [0.4, 0.5) is 0 Å². The summed E-state index contributed by atoms with van der Waals surface area (Å²) in [7, 11) is 0. The standard InChI is InChI=1S/C13H9BrCl2/c14-13(15,16)12-9-5-4-8-11(12)10-6-2-1-3-7-10/h1-9H. The van der Waals surface area contributed by atoms with Crippen LogP contribution in [-0.4, -0.2) is 0 Å². The molecule has 0 saturated carbocycles. The van der Waals surface area contributed by atoms with Crippen LogP contribution < -0.4 is 0 Å². The highest BCUT2D eigenvalue weighted by molar-refractivity contribution is 9.10. The van der Waals surface area contributed by atoms with E-state index in [0.717, 1.165) is 16.7 Å². The second-order valence-electron chi connectivity index (χ2n) is 3.41. The predicted octanol–water partition coefficient (Wildman–Crippen LogP) is 5.34. The summed E-state index contributed by atoms with van der Waals surface area (Å²) in [4.78, 5) is 0. The average molecular weight is 316 g/mol. The molecule has 0 heterocycles. The van der Waals surface area contributed by atoms with E-state index in [4.69, 9.17) is 23.2 Å². The predicted molar refractivity (Wildman–Crippen MR) is 74.2 cm³/mol. The molecule has 0 aliphatic carbocycles. The van der Waals surface area contributed by atoms with Crippen molar-refractivity contribution in [1.29, 1.82) is 0 Å². The van der Waals surface area contributed by atoms with Crippen molar-refractivity contribution >= 4 is 39.1 Å². The molecule has 0 nitrogen and oxygen atoms in total. The fraction of sp³-hybridized carbons (Fsp3) is 0.0769. The lowest BCUT2D eigenvalue weighted by atomic mass is 10.0.